The Kier molecular flexibility index (Phi) is 3.81. The third-order valence-corrected chi connectivity index (χ3v) is 6.45. The number of nitrogens with zero attached hydrogens (tertiary/aromatic N) is 2. The van der Waals surface area contributed by atoms with Gasteiger partial charge in [-0.15, -0.1) is 11.3 Å². The molecule has 2 bridgehead atoms. The van der Waals surface area contributed by atoms with Gasteiger partial charge < -0.3 is 0 Å². The van der Waals surface area contributed by atoms with Crippen LogP contribution in [0.15, 0.2) is 12.3 Å². The molecule has 24 heavy (non-hydrogen) atoms. The summed E-state index contributed by atoms with van der Waals surface area (Å²) in [7, 11) is 0. The summed E-state index contributed by atoms with van der Waals surface area (Å²) in [6, 6.07) is 1.80. The molecule has 0 radical (unpaired) electrons. The van der Waals surface area contributed by atoms with Crippen molar-refractivity contribution in [2.24, 2.45) is 11.8 Å². The summed E-state index contributed by atoms with van der Waals surface area (Å²) in [6.07, 6.45) is 4.14. The predicted octanol–water partition coefficient (Wildman–Crippen LogP) is 4.13. The Bertz CT molecular complexity index is 839. The second kappa shape index (κ2) is 5.74. The predicted molar refractivity (Wildman–Crippen MR) is 93.4 cm³/mol. The SMILES string of the molecule is Cc1cc(Cl)ncc1-c1nc(C2C(=O)[C@@H]3CC[C@@H](C3)C2=O)c(C)s1. The van der Waals surface area contributed by atoms with Crippen LogP contribution >= 0.6 is 22.9 Å². The second-order valence-corrected chi connectivity index (χ2v) is 8.32. The molecule has 6 heteroatoms. The average Bonchev–Trinajstić information content (AvgIpc) is 3.12. The standard InChI is InChI=1S/C18H17ClN2O2S/c1-8-5-13(19)20-7-12(8)18-21-15(9(2)24-18)14-16(22)10-3-4-11(6-10)17(14)23/h5,7,10-11,14H,3-4,6H2,1-2H3/t10-,11+,14?. The molecule has 0 spiro atoms. The number of pyridine rings is 1. The number of carbonyl (C=O) groups excluding carboxylic acids is 2. The minimum absolute atomic E-state index is 0.0428. The molecule has 0 amide bonds. The molecule has 3 atom stereocenters. The molecule has 0 aromatic carbocycles. The van der Waals surface area contributed by atoms with E-state index in [-0.39, 0.29) is 23.4 Å². The lowest BCUT2D eigenvalue weighted by Crippen LogP contribution is -2.35. The molecule has 2 saturated carbocycles. The van der Waals surface area contributed by atoms with Gasteiger partial charge in [0.05, 0.1) is 5.69 Å². The Hall–Kier alpha value is -1.59. The van der Waals surface area contributed by atoms with Gasteiger partial charge in [-0.25, -0.2) is 9.97 Å². The average molecular weight is 361 g/mol. The van der Waals surface area contributed by atoms with Gasteiger partial charge >= 0.3 is 0 Å². The number of fused-ring (bicyclic) bond motifs is 2. The molecule has 2 aromatic heterocycles. The van der Waals surface area contributed by atoms with Gasteiger partial charge in [0.25, 0.3) is 0 Å². The largest absolute Gasteiger partial charge is 0.298 e. The van der Waals surface area contributed by atoms with Crippen LogP contribution in [0.25, 0.3) is 10.6 Å². The van der Waals surface area contributed by atoms with Crippen LogP contribution < -0.4 is 0 Å². The first-order chi connectivity index (χ1) is 11.5. The number of aryl methyl sites for hydroxylation is 2. The number of halogens is 1. The first kappa shape index (κ1) is 15.9. The zero-order chi connectivity index (χ0) is 17.0. The van der Waals surface area contributed by atoms with Gasteiger partial charge in [-0.3, -0.25) is 9.59 Å². The van der Waals surface area contributed by atoms with E-state index in [1.165, 1.54) is 11.3 Å². The number of hydrogen-bond donors (Lipinski definition) is 0. The molecule has 124 valence electrons. The molecule has 0 aliphatic heterocycles. The summed E-state index contributed by atoms with van der Waals surface area (Å²) >= 11 is 7.43. The molecule has 0 saturated heterocycles. The highest BCUT2D eigenvalue weighted by Gasteiger charge is 2.48. The topological polar surface area (TPSA) is 59.9 Å². The Morgan fingerprint density at radius 2 is 1.83 bits per heavy atom. The third-order valence-electron chi connectivity index (χ3n) is 5.22. The van der Waals surface area contributed by atoms with E-state index >= 15 is 0 Å². The first-order valence-corrected chi connectivity index (χ1v) is 9.32. The van der Waals surface area contributed by atoms with E-state index in [1.54, 1.807) is 12.3 Å². The van der Waals surface area contributed by atoms with E-state index in [0.717, 1.165) is 40.3 Å². The lowest BCUT2D eigenvalue weighted by Gasteiger charge is -2.24. The number of Topliss-reactive ketones (excluding diaryl/α,β-unsaturated/α-hetero) is 2. The van der Waals surface area contributed by atoms with Crippen molar-refractivity contribution in [2.75, 3.05) is 0 Å². The number of hydrogen-bond acceptors (Lipinski definition) is 5. The lowest BCUT2D eigenvalue weighted by atomic mass is 9.77. The van der Waals surface area contributed by atoms with Crippen molar-refractivity contribution in [2.45, 2.75) is 39.0 Å². The molecule has 4 nitrogen and oxygen atoms in total. The minimum Gasteiger partial charge on any atom is -0.298 e. The summed E-state index contributed by atoms with van der Waals surface area (Å²) < 4.78 is 0. The van der Waals surface area contributed by atoms with Gasteiger partial charge in [0.1, 0.15) is 16.1 Å². The maximum atomic E-state index is 12.7. The number of thiazole rings is 1. The Labute approximate surface area is 149 Å². The maximum absolute atomic E-state index is 12.7. The lowest BCUT2D eigenvalue weighted by molar-refractivity contribution is -0.136. The zero-order valence-corrected chi connectivity index (χ0v) is 15.1. The van der Waals surface area contributed by atoms with E-state index in [4.69, 9.17) is 11.6 Å². The fourth-order valence-electron chi connectivity index (χ4n) is 3.92. The van der Waals surface area contributed by atoms with Gasteiger partial charge in [0, 0.05) is 28.5 Å². The smallest absolute Gasteiger partial charge is 0.152 e. The van der Waals surface area contributed by atoms with Crippen LogP contribution in [0.4, 0.5) is 0 Å². The quantitative estimate of drug-likeness (QED) is 0.596. The van der Waals surface area contributed by atoms with E-state index in [2.05, 4.69) is 9.97 Å². The van der Waals surface area contributed by atoms with Gasteiger partial charge in [0.15, 0.2) is 11.6 Å². The molecule has 2 aliphatic carbocycles. The van der Waals surface area contributed by atoms with Gasteiger partial charge in [-0.1, -0.05) is 11.6 Å². The normalized spacial score (nSPS) is 26.2. The van der Waals surface area contributed by atoms with Crippen LogP contribution in [-0.4, -0.2) is 21.5 Å². The maximum Gasteiger partial charge on any atom is 0.152 e. The Balaban J connectivity index is 1.76. The summed E-state index contributed by atoms with van der Waals surface area (Å²) in [5, 5.41) is 1.24. The van der Waals surface area contributed by atoms with Crippen molar-refractivity contribution in [3.63, 3.8) is 0 Å². The van der Waals surface area contributed by atoms with Gasteiger partial charge in [0.2, 0.25) is 0 Å². The van der Waals surface area contributed by atoms with Crippen molar-refractivity contribution in [1.29, 1.82) is 0 Å². The van der Waals surface area contributed by atoms with Crippen LogP contribution in [-0.2, 0) is 9.59 Å². The molecule has 4 rings (SSSR count). The van der Waals surface area contributed by atoms with Crippen molar-refractivity contribution in [3.05, 3.63) is 33.6 Å². The van der Waals surface area contributed by atoms with Crippen LogP contribution in [0.5, 0.6) is 0 Å². The number of aromatic nitrogens is 2. The van der Waals surface area contributed by atoms with Crippen LogP contribution in [0.2, 0.25) is 5.15 Å². The molecule has 2 fully saturated rings. The van der Waals surface area contributed by atoms with Crippen molar-refractivity contribution in [1.82, 2.24) is 9.97 Å². The molecule has 2 aliphatic rings. The number of rotatable bonds is 2. The van der Waals surface area contributed by atoms with E-state index in [0.29, 0.717) is 10.8 Å². The van der Waals surface area contributed by atoms with Crippen molar-refractivity contribution >= 4 is 34.5 Å². The Morgan fingerprint density at radius 3 is 2.46 bits per heavy atom. The summed E-state index contributed by atoms with van der Waals surface area (Å²) in [4.78, 5) is 35.2. The zero-order valence-electron chi connectivity index (χ0n) is 13.5. The second-order valence-electron chi connectivity index (χ2n) is 6.73. The summed E-state index contributed by atoms with van der Waals surface area (Å²) in [5.41, 5.74) is 2.53. The van der Waals surface area contributed by atoms with Gasteiger partial charge in [-0.2, -0.15) is 0 Å². The highest BCUT2D eigenvalue weighted by Crippen LogP contribution is 2.45. The van der Waals surface area contributed by atoms with Crippen LogP contribution in [0, 0.1) is 25.7 Å². The summed E-state index contributed by atoms with van der Waals surface area (Å²) in [6.45, 7) is 3.89. The minimum atomic E-state index is -0.665. The molecule has 2 heterocycles. The highest BCUT2D eigenvalue weighted by atomic mass is 35.5. The van der Waals surface area contributed by atoms with E-state index in [1.807, 2.05) is 13.8 Å². The molecular weight excluding hydrogens is 344 g/mol. The summed E-state index contributed by atoms with van der Waals surface area (Å²) in [5.74, 6) is -0.441. The fraction of sp³-hybridized carbons (Fsp3) is 0.444. The van der Waals surface area contributed by atoms with E-state index < -0.39 is 5.92 Å². The fourth-order valence-corrected chi connectivity index (χ4v) is 5.15. The van der Waals surface area contributed by atoms with Crippen LogP contribution in [0.1, 0.15) is 41.3 Å². The van der Waals surface area contributed by atoms with Crippen LogP contribution in [0.3, 0.4) is 0 Å². The van der Waals surface area contributed by atoms with Gasteiger partial charge in [-0.05, 0) is 44.7 Å². The number of ketones is 2. The molecular formula is C18H17ClN2O2S. The first-order valence-electron chi connectivity index (χ1n) is 8.13. The third kappa shape index (κ3) is 2.42. The number of carbonyl (C=O) groups is 2. The highest BCUT2D eigenvalue weighted by molar-refractivity contribution is 7.15. The molecule has 0 N–H and O–H groups in total. The Morgan fingerprint density at radius 1 is 1.17 bits per heavy atom. The van der Waals surface area contributed by atoms with Crippen molar-refractivity contribution in [3.8, 4) is 10.6 Å². The van der Waals surface area contributed by atoms with E-state index in [9.17, 15) is 9.59 Å². The molecule has 2 aromatic rings. The van der Waals surface area contributed by atoms with Crippen molar-refractivity contribution < 1.29 is 9.59 Å². The monoisotopic (exact) mass is 360 g/mol. The molecule has 1 unspecified atom stereocenters.